The number of benzene rings is 1. The van der Waals surface area contributed by atoms with Crippen LogP contribution in [0.5, 0.6) is 0 Å². The third-order valence-corrected chi connectivity index (χ3v) is 2.33. The standard InChI is InChI=1S/C12H11FNO/c1-3-11-8(2)15-14-12(11)9-5-4-6-10(13)7-9/h4-7H,1,3H2,2H3. The van der Waals surface area contributed by atoms with Gasteiger partial charge in [-0.05, 0) is 32.4 Å². The van der Waals surface area contributed by atoms with E-state index in [1.54, 1.807) is 12.1 Å². The molecule has 0 aliphatic heterocycles. The largest absolute Gasteiger partial charge is 0.361 e. The van der Waals surface area contributed by atoms with Crippen LogP contribution in [0.3, 0.4) is 0 Å². The van der Waals surface area contributed by atoms with Gasteiger partial charge < -0.3 is 4.52 Å². The van der Waals surface area contributed by atoms with Gasteiger partial charge in [-0.3, -0.25) is 0 Å². The highest BCUT2D eigenvalue weighted by molar-refractivity contribution is 5.63. The number of hydrogen-bond donors (Lipinski definition) is 0. The van der Waals surface area contributed by atoms with Gasteiger partial charge >= 0.3 is 0 Å². The Hall–Kier alpha value is -1.64. The van der Waals surface area contributed by atoms with E-state index >= 15 is 0 Å². The molecule has 0 atom stereocenters. The fourth-order valence-electron chi connectivity index (χ4n) is 1.55. The molecule has 77 valence electrons. The SMILES string of the molecule is [CH2]Cc1c(-c2cccc(F)c2)noc1C. The van der Waals surface area contributed by atoms with Crippen molar-refractivity contribution in [2.45, 2.75) is 13.3 Å². The van der Waals surface area contributed by atoms with Gasteiger partial charge in [0.15, 0.2) is 0 Å². The fraction of sp³-hybridized carbons (Fsp3) is 0.167. The van der Waals surface area contributed by atoms with Crippen molar-refractivity contribution in [2.75, 3.05) is 0 Å². The van der Waals surface area contributed by atoms with E-state index < -0.39 is 0 Å². The monoisotopic (exact) mass is 204 g/mol. The van der Waals surface area contributed by atoms with Gasteiger partial charge in [0.1, 0.15) is 17.3 Å². The zero-order valence-corrected chi connectivity index (χ0v) is 8.46. The van der Waals surface area contributed by atoms with Crippen LogP contribution in [0.4, 0.5) is 4.39 Å². The zero-order chi connectivity index (χ0) is 10.8. The summed E-state index contributed by atoms with van der Waals surface area (Å²) in [4.78, 5) is 0. The lowest BCUT2D eigenvalue weighted by atomic mass is 10.0. The molecule has 0 amide bonds. The van der Waals surface area contributed by atoms with Crippen molar-refractivity contribution in [1.82, 2.24) is 5.16 Å². The Morgan fingerprint density at radius 1 is 1.47 bits per heavy atom. The molecule has 0 aliphatic carbocycles. The minimum Gasteiger partial charge on any atom is -0.361 e. The lowest BCUT2D eigenvalue weighted by Crippen LogP contribution is -1.87. The molecule has 0 spiro atoms. The Morgan fingerprint density at radius 3 is 2.93 bits per heavy atom. The van der Waals surface area contributed by atoms with Crippen LogP contribution in [0.25, 0.3) is 11.3 Å². The van der Waals surface area contributed by atoms with E-state index in [2.05, 4.69) is 12.1 Å². The predicted octanol–water partition coefficient (Wildman–Crippen LogP) is 3.17. The quantitative estimate of drug-likeness (QED) is 0.751. The molecule has 2 nitrogen and oxygen atoms in total. The molecular formula is C12H11FNO. The zero-order valence-electron chi connectivity index (χ0n) is 8.46. The third kappa shape index (κ3) is 1.77. The number of aromatic nitrogens is 1. The lowest BCUT2D eigenvalue weighted by Gasteiger charge is -1.99. The van der Waals surface area contributed by atoms with Crippen molar-refractivity contribution >= 4 is 0 Å². The third-order valence-electron chi connectivity index (χ3n) is 2.33. The number of halogens is 1. The van der Waals surface area contributed by atoms with E-state index in [-0.39, 0.29) is 5.82 Å². The van der Waals surface area contributed by atoms with Crippen molar-refractivity contribution in [3.63, 3.8) is 0 Å². The molecule has 1 heterocycles. The van der Waals surface area contributed by atoms with Crippen molar-refractivity contribution in [2.24, 2.45) is 0 Å². The summed E-state index contributed by atoms with van der Waals surface area (Å²) in [6.45, 7) is 5.63. The van der Waals surface area contributed by atoms with Gasteiger partial charge in [-0.2, -0.15) is 0 Å². The second-order valence-electron chi connectivity index (χ2n) is 3.33. The van der Waals surface area contributed by atoms with Crippen LogP contribution in [-0.4, -0.2) is 5.16 Å². The molecule has 0 saturated heterocycles. The Kier molecular flexibility index (Phi) is 2.54. The highest BCUT2D eigenvalue weighted by atomic mass is 19.1. The van der Waals surface area contributed by atoms with Crippen molar-refractivity contribution in [3.05, 3.63) is 48.3 Å². The average molecular weight is 204 g/mol. The smallest absolute Gasteiger partial charge is 0.137 e. The maximum absolute atomic E-state index is 13.0. The van der Waals surface area contributed by atoms with E-state index in [4.69, 9.17) is 4.52 Å². The van der Waals surface area contributed by atoms with Gasteiger partial charge in [0, 0.05) is 11.1 Å². The Bertz CT molecular complexity index is 476. The average Bonchev–Trinajstić information content (AvgIpc) is 2.59. The lowest BCUT2D eigenvalue weighted by molar-refractivity contribution is 0.398. The van der Waals surface area contributed by atoms with Gasteiger partial charge in [0.05, 0.1) is 0 Å². The Morgan fingerprint density at radius 2 is 2.27 bits per heavy atom. The van der Waals surface area contributed by atoms with Crippen LogP contribution in [0.1, 0.15) is 11.3 Å². The van der Waals surface area contributed by atoms with Gasteiger partial charge in [0.2, 0.25) is 0 Å². The number of aryl methyl sites for hydroxylation is 1. The van der Waals surface area contributed by atoms with Crippen LogP contribution < -0.4 is 0 Å². The van der Waals surface area contributed by atoms with E-state index in [0.717, 1.165) is 16.9 Å². The molecule has 3 heteroatoms. The van der Waals surface area contributed by atoms with Gasteiger partial charge in [0.25, 0.3) is 0 Å². The van der Waals surface area contributed by atoms with Crippen LogP contribution in [0, 0.1) is 19.7 Å². The Balaban J connectivity index is 2.54. The second kappa shape index (κ2) is 3.85. The van der Waals surface area contributed by atoms with Crippen molar-refractivity contribution in [3.8, 4) is 11.3 Å². The molecule has 0 N–H and O–H groups in total. The molecular weight excluding hydrogens is 193 g/mol. The van der Waals surface area contributed by atoms with Crippen LogP contribution in [-0.2, 0) is 6.42 Å². The van der Waals surface area contributed by atoms with E-state index in [1.165, 1.54) is 12.1 Å². The normalized spacial score (nSPS) is 10.6. The summed E-state index contributed by atoms with van der Waals surface area (Å²) in [5, 5.41) is 3.92. The topological polar surface area (TPSA) is 26.0 Å². The molecule has 2 rings (SSSR count). The molecule has 0 aliphatic rings. The summed E-state index contributed by atoms with van der Waals surface area (Å²) < 4.78 is 18.1. The molecule has 0 saturated carbocycles. The molecule has 0 fully saturated rings. The second-order valence-corrected chi connectivity index (χ2v) is 3.33. The molecule has 1 aromatic carbocycles. The molecule has 1 radical (unpaired) electrons. The highest BCUT2D eigenvalue weighted by Gasteiger charge is 2.12. The summed E-state index contributed by atoms with van der Waals surface area (Å²) in [5.41, 5.74) is 2.34. The molecule has 15 heavy (non-hydrogen) atoms. The molecule has 1 aromatic heterocycles. The summed E-state index contributed by atoms with van der Waals surface area (Å²) in [5.74, 6) is 0.465. The summed E-state index contributed by atoms with van der Waals surface area (Å²) in [6.07, 6.45) is 0.585. The van der Waals surface area contributed by atoms with Crippen molar-refractivity contribution in [1.29, 1.82) is 0 Å². The number of hydrogen-bond acceptors (Lipinski definition) is 2. The maximum atomic E-state index is 13.0. The summed E-state index contributed by atoms with van der Waals surface area (Å²) in [6, 6.07) is 6.30. The summed E-state index contributed by atoms with van der Waals surface area (Å²) in [7, 11) is 0. The van der Waals surface area contributed by atoms with Crippen LogP contribution in [0.15, 0.2) is 28.8 Å². The number of nitrogens with zero attached hydrogens (tertiary/aromatic N) is 1. The first-order valence-corrected chi connectivity index (χ1v) is 4.72. The first-order valence-electron chi connectivity index (χ1n) is 4.72. The minimum absolute atomic E-state index is 0.275. The molecule has 0 bridgehead atoms. The van der Waals surface area contributed by atoms with Crippen LogP contribution >= 0.6 is 0 Å². The van der Waals surface area contributed by atoms with Crippen molar-refractivity contribution < 1.29 is 8.91 Å². The Labute approximate surface area is 87.7 Å². The fourth-order valence-corrected chi connectivity index (χ4v) is 1.55. The van der Waals surface area contributed by atoms with Gasteiger partial charge in [-0.15, -0.1) is 0 Å². The summed E-state index contributed by atoms with van der Waals surface area (Å²) >= 11 is 0. The highest BCUT2D eigenvalue weighted by Crippen LogP contribution is 2.25. The first kappa shape index (κ1) is 9.90. The van der Waals surface area contributed by atoms with E-state index in [1.807, 2.05) is 6.92 Å². The number of rotatable bonds is 2. The van der Waals surface area contributed by atoms with E-state index in [9.17, 15) is 4.39 Å². The van der Waals surface area contributed by atoms with Gasteiger partial charge in [-0.1, -0.05) is 17.3 Å². The van der Waals surface area contributed by atoms with Crippen LogP contribution in [0.2, 0.25) is 0 Å². The molecule has 2 aromatic rings. The molecule has 0 unspecified atom stereocenters. The maximum Gasteiger partial charge on any atom is 0.137 e. The van der Waals surface area contributed by atoms with Gasteiger partial charge in [-0.25, -0.2) is 4.39 Å². The predicted molar refractivity (Wildman–Crippen MR) is 55.7 cm³/mol. The first-order chi connectivity index (χ1) is 7.22. The van der Waals surface area contributed by atoms with E-state index in [0.29, 0.717) is 12.1 Å². The minimum atomic E-state index is -0.275.